The van der Waals surface area contributed by atoms with Gasteiger partial charge in [0.25, 0.3) is 5.91 Å². The molecule has 1 N–H and O–H groups in total. The number of sulfone groups is 1. The number of halogens is 2. The lowest BCUT2D eigenvalue weighted by atomic mass is 10.1. The smallest absolute Gasteiger partial charge is 0.262 e. The second-order valence-corrected chi connectivity index (χ2v) is 10.2. The topological polar surface area (TPSA) is 63.2 Å². The summed E-state index contributed by atoms with van der Waals surface area (Å²) in [6.45, 7) is 1.97. The predicted octanol–water partition coefficient (Wildman–Crippen LogP) is 5.33. The Morgan fingerprint density at radius 3 is 2.35 bits per heavy atom. The summed E-state index contributed by atoms with van der Waals surface area (Å²) in [4.78, 5) is 13.5. The van der Waals surface area contributed by atoms with Crippen LogP contribution in [0.3, 0.4) is 0 Å². The first-order chi connectivity index (χ1) is 14.7. The van der Waals surface area contributed by atoms with Gasteiger partial charge in [0, 0.05) is 10.5 Å². The van der Waals surface area contributed by atoms with Crippen LogP contribution in [-0.2, 0) is 20.4 Å². The zero-order chi connectivity index (χ0) is 22.2. The summed E-state index contributed by atoms with van der Waals surface area (Å²) in [5.74, 6) is -3.01. The molecule has 3 aromatic carbocycles. The van der Waals surface area contributed by atoms with Crippen molar-refractivity contribution in [3.05, 3.63) is 93.9 Å². The molecular formula is C23H17F2NO3S2. The number of benzene rings is 3. The fourth-order valence-electron chi connectivity index (χ4n) is 3.09. The van der Waals surface area contributed by atoms with E-state index in [9.17, 15) is 22.0 Å². The highest BCUT2D eigenvalue weighted by Crippen LogP contribution is 2.40. The lowest BCUT2D eigenvalue weighted by molar-refractivity contribution is -0.112. The van der Waals surface area contributed by atoms with Gasteiger partial charge in [0.1, 0.15) is 11.6 Å². The van der Waals surface area contributed by atoms with Crippen molar-refractivity contribution in [2.45, 2.75) is 22.5 Å². The monoisotopic (exact) mass is 457 g/mol. The highest BCUT2D eigenvalue weighted by Gasteiger charge is 2.25. The van der Waals surface area contributed by atoms with Crippen LogP contribution in [0.2, 0.25) is 0 Å². The summed E-state index contributed by atoms with van der Waals surface area (Å²) in [6.07, 6.45) is 1.76. The van der Waals surface area contributed by atoms with Crippen LogP contribution in [-0.4, -0.2) is 14.3 Å². The third-order valence-electron chi connectivity index (χ3n) is 4.77. The average molecular weight is 458 g/mol. The van der Waals surface area contributed by atoms with Crippen molar-refractivity contribution in [2.24, 2.45) is 0 Å². The zero-order valence-electron chi connectivity index (χ0n) is 16.4. The van der Waals surface area contributed by atoms with Gasteiger partial charge in [-0.3, -0.25) is 4.79 Å². The van der Waals surface area contributed by atoms with Crippen LogP contribution in [0.15, 0.2) is 75.4 Å². The number of hydrogen-bond acceptors (Lipinski definition) is 4. The number of hydrogen-bond donors (Lipinski definition) is 1. The van der Waals surface area contributed by atoms with Gasteiger partial charge in [-0.1, -0.05) is 47.7 Å². The Morgan fingerprint density at radius 2 is 1.68 bits per heavy atom. The molecule has 1 heterocycles. The maximum atomic E-state index is 13.9. The molecule has 0 unspecified atom stereocenters. The Hall–Kier alpha value is -2.97. The number of nitrogens with one attached hydrogen (secondary N) is 1. The van der Waals surface area contributed by atoms with E-state index in [2.05, 4.69) is 5.32 Å². The van der Waals surface area contributed by atoms with Crippen molar-refractivity contribution in [1.82, 2.24) is 0 Å². The lowest BCUT2D eigenvalue weighted by Crippen LogP contribution is -2.18. The molecular weight excluding hydrogens is 440 g/mol. The molecule has 1 aliphatic rings. The normalized spacial score (nSPS) is 14.9. The van der Waals surface area contributed by atoms with Crippen molar-refractivity contribution < 1.29 is 22.0 Å². The van der Waals surface area contributed by atoms with Gasteiger partial charge in [0.2, 0.25) is 0 Å². The van der Waals surface area contributed by atoms with Crippen molar-refractivity contribution in [2.75, 3.05) is 5.32 Å². The van der Waals surface area contributed by atoms with E-state index in [0.29, 0.717) is 15.5 Å². The largest absolute Gasteiger partial charge is 0.320 e. The summed E-state index contributed by atoms with van der Waals surface area (Å²) in [5, 5.41) is 2.70. The van der Waals surface area contributed by atoms with Gasteiger partial charge >= 0.3 is 0 Å². The highest BCUT2D eigenvalue weighted by atomic mass is 32.2. The summed E-state index contributed by atoms with van der Waals surface area (Å²) in [6, 6.07) is 15.2. The standard InChI is InChI=1S/C23H17F2NO3S2/c1-14-5-7-15(8-6-14)11-22-23(27)26-20-12-16(9-10-21(20)30-22)31(28,29)13-17-18(24)3-2-4-19(17)25/h2-12H,13H2,1H3,(H,26,27)/b22-11-. The zero-order valence-corrected chi connectivity index (χ0v) is 18.0. The number of fused-ring (bicyclic) bond motifs is 1. The molecule has 0 aliphatic carbocycles. The molecule has 0 saturated carbocycles. The minimum absolute atomic E-state index is 0.124. The molecule has 0 bridgehead atoms. The third-order valence-corrected chi connectivity index (χ3v) is 7.51. The second kappa shape index (κ2) is 8.28. The molecule has 4 nitrogen and oxygen atoms in total. The summed E-state index contributed by atoms with van der Waals surface area (Å²) >= 11 is 1.23. The SMILES string of the molecule is Cc1ccc(/C=C2\Sc3ccc(S(=O)(=O)Cc4c(F)cccc4F)cc3NC2=O)cc1. The first-order valence-corrected chi connectivity index (χ1v) is 11.8. The molecule has 158 valence electrons. The van der Waals surface area contributed by atoms with E-state index in [1.807, 2.05) is 31.2 Å². The van der Waals surface area contributed by atoms with Crippen LogP contribution >= 0.6 is 11.8 Å². The van der Waals surface area contributed by atoms with Gasteiger partial charge in [-0.15, -0.1) is 0 Å². The fraction of sp³-hybridized carbons (Fsp3) is 0.0870. The first kappa shape index (κ1) is 21.3. The lowest BCUT2D eigenvalue weighted by Gasteiger charge is -2.19. The Morgan fingerprint density at radius 1 is 1.00 bits per heavy atom. The molecule has 1 amide bonds. The molecule has 0 fully saturated rings. The highest BCUT2D eigenvalue weighted by molar-refractivity contribution is 8.04. The molecule has 31 heavy (non-hydrogen) atoms. The minimum atomic E-state index is -4.03. The van der Waals surface area contributed by atoms with E-state index in [-0.39, 0.29) is 10.8 Å². The van der Waals surface area contributed by atoms with Gasteiger partial charge in [-0.25, -0.2) is 17.2 Å². The number of rotatable bonds is 4. The molecule has 0 aromatic heterocycles. The third kappa shape index (κ3) is 4.55. The van der Waals surface area contributed by atoms with Crippen molar-refractivity contribution in [3.63, 3.8) is 0 Å². The van der Waals surface area contributed by atoms with E-state index in [4.69, 9.17) is 0 Å². The summed E-state index contributed by atoms with van der Waals surface area (Å²) in [5.41, 5.74) is 1.81. The van der Waals surface area contributed by atoms with Crippen LogP contribution in [0.4, 0.5) is 14.5 Å². The molecule has 4 rings (SSSR count). The Balaban J connectivity index is 1.62. The Bertz CT molecular complexity index is 1300. The summed E-state index contributed by atoms with van der Waals surface area (Å²) in [7, 11) is -4.03. The van der Waals surface area contributed by atoms with Crippen LogP contribution in [0, 0.1) is 18.6 Å². The van der Waals surface area contributed by atoms with Crippen molar-refractivity contribution >= 4 is 39.3 Å². The molecule has 0 spiro atoms. The number of aryl methyl sites for hydroxylation is 1. The van der Waals surface area contributed by atoms with Crippen LogP contribution in [0.5, 0.6) is 0 Å². The molecule has 0 atom stereocenters. The van der Waals surface area contributed by atoms with Crippen LogP contribution in [0.1, 0.15) is 16.7 Å². The van der Waals surface area contributed by atoms with Crippen molar-refractivity contribution in [1.29, 1.82) is 0 Å². The fourth-order valence-corrected chi connectivity index (χ4v) is 5.42. The minimum Gasteiger partial charge on any atom is -0.320 e. The number of amides is 1. The molecule has 1 aliphatic heterocycles. The van der Waals surface area contributed by atoms with Crippen LogP contribution < -0.4 is 5.32 Å². The number of anilines is 1. The van der Waals surface area contributed by atoms with Gasteiger partial charge in [-0.05, 0) is 48.9 Å². The predicted molar refractivity (Wildman–Crippen MR) is 117 cm³/mol. The first-order valence-electron chi connectivity index (χ1n) is 9.30. The summed E-state index contributed by atoms with van der Waals surface area (Å²) < 4.78 is 53.3. The number of thioether (sulfide) groups is 1. The van der Waals surface area contributed by atoms with E-state index in [1.54, 1.807) is 12.1 Å². The van der Waals surface area contributed by atoms with E-state index in [0.717, 1.165) is 23.3 Å². The van der Waals surface area contributed by atoms with Crippen molar-refractivity contribution in [3.8, 4) is 0 Å². The molecule has 3 aromatic rings. The van der Waals surface area contributed by atoms with Gasteiger partial charge < -0.3 is 5.32 Å². The average Bonchev–Trinajstić information content (AvgIpc) is 2.72. The van der Waals surface area contributed by atoms with E-state index >= 15 is 0 Å². The maximum absolute atomic E-state index is 13.9. The quantitative estimate of drug-likeness (QED) is 0.538. The van der Waals surface area contributed by atoms with Gasteiger partial charge in [-0.2, -0.15) is 0 Å². The second-order valence-electron chi connectivity index (χ2n) is 7.09. The molecule has 0 saturated heterocycles. The van der Waals surface area contributed by atoms with E-state index in [1.165, 1.54) is 30.0 Å². The van der Waals surface area contributed by atoms with E-state index < -0.39 is 32.8 Å². The Kier molecular flexibility index (Phi) is 5.68. The van der Waals surface area contributed by atoms with Crippen LogP contribution in [0.25, 0.3) is 6.08 Å². The maximum Gasteiger partial charge on any atom is 0.262 e. The number of carbonyl (C=O) groups excluding carboxylic acids is 1. The molecule has 0 radical (unpaired) electrons. The molecule has 8 heteroatoms. The van der Waals surface area contributed by atoms with Gasteiger partial charge in [0.05, 0.1) is 21.2 Å². The van der Waals surface area contributed by atoms with Gasteiger partial charge in [0.15, 0.2) is 9.84 Å². The number of carbonyl (C=O) groups is 1. The Labute approximate surface area is 182 Å².